The van der Waals surface area contributed by atoms with Gasteiger partial charge in [0.2, 0.25) is 6.10 Å². The van der Waals surface area contributed by atoms with Gasteiger partial charge in [0.15, 0.2) is 6.29 Å². The lowest BCUT2D eigenvalue weighted by Gasteiger charge is -2.36. The van der Waals surface area contributed by atoms with Crippen LogP contribution < -0.4 is 0 Å². The van der Waals surface area contributed by atoms with E-state index in [2.05, 4.69) is 20.8 Å². The maximum Gasteiger partial charge on any atom is 0.343 e. The van der Waals surface area contributed by atoms with E-state index in [1.54, 1.807) is 0 Å². The van der Waals surface area contributed by atoms with Gasteiger partial charge in [0.05, 0.1) is 0 Å². The number of rotatable bonds is 5. The Kier molecular flexibility index (Phi) is 5.79. The highest BCUT2D eigenvalue weighted by molar-refractivity contribution is 5.90. The van der Waals surface area contributed by atoms with Crippen molar-refractivity contribution in [2.75, 3.05) is 7.11 Å². The summed E-state index contributed by atoms with van der Waals surface area (Å²) < 4.78 is 10.3. The Morgan fingerprint density at radius 3 is 2.50 bits per heavy atom. The number of hydrogen-bond donors (Lipinski definition) is 0. The zero-order chi connectivity index (χ0) is 13.7. The van der Waals surface area contributed by atoms with Crippen LogP contribution in [-0.4, -0.2) is 31.6 Å². The lowest BCUT2D eigenvalue weighted by molar-refractivity contribution is -0.167. The van der Waals surface area contributed by atoms with Crippen molar-refractivity contribution < 1.29 is 19.1 Å². The molecule has 0 heterocycles. The van der Waals surface area contributed by atoms with Crippen LogP contribution in [0.25, 0.3) is 0 Å². The Balaban J connectivity index is 2.65. The highest BCUT2D eigenvalue weighted by Gasteiger charge is 2.34. The second kappa shape index (κ2) is 6.88. The van der Waals surface area contributed by atoms with Gasteiger partial charge in [0, 0.05) is 7.11 Å². The molecule has 0 aromatic heterocycles. The molecule has 4 atom stereocenters. The summed E-state index contributed by atoms with van der Waals surface area (Å²) in [6.45, 7) is 6.47. The molecule has 0 radical (unpaired) electrons. The Hall–Kier alpha value is -0.900. The van der Waals surface area contributed by atoms with Gasteiger partial charge in [-0.15, -0.1) is 0 Å². The van der Waals surface area contributed by atoms with E-state index in [0.29, 0.717) is 24.0 Å². The van der Waals surface area contributed by atoms with Crippen LogP contribution in [0.5, 0.6) is 0 Å². The van der Waals surface area contributed by atoms with E-state index >= 15 is 0 Å². The van der Waals surface area contributed by atoms with Crippen LogP contribution in [0.3, 0.4) is 0 Å². The second-order valence-electron chi connectivity index (χ2n) is 5.59. The van der Waals surface area contributed by atoms with Gasteiger partial charge in [-0.25, -0.2) is 4.79 Å². The molecule has 1 rings (SSSR count). The Bertz CT molecular complexity index is 288. The van der Waals surface area contributed by atoms with Crippen LogP contribution >= 0.6 is 0 Å². The van der Waals surface area contributed by atoms with Gasteiger partial charge >= 0.3 is 5.97 Å². The standard InChI is InChI=1S/C14H24O4/c1-9(2)11-6-5-10(3)7-12(11)18-14(16)13(8-15)17-4/h8-13H,5-7H2,1-4H3. The highest BCUT2D eigenvalue weighted by atomic mass is 16.6. The third kappa shape index (κ3) is 3.80. The summed E-state index contributed by atoms with van der Waals surface area (Å²) in [4.78, 5) is 22.4. The molecule has 1 aliphatic carbocycles. The number of methoxy groups -OCH3 is 1. The summed E-state index contributed by atoms with van der Waals surface area (Å²) in [6.07, 6.45) is 2.45. The molecular weight excluding hydrogens is 232 g/mol. The van der Waals surface area contributed by atoms with Crippen LogP contribution in [0, 0.1) is 17.8 Å². The molecule has 18 heavy (non-hydrogen) atoms. The molecule has 0 saturated heterocycles. The molecule has 4 nitrogen and oxygen atoms in total. The first kappa shape index (κ1) is 15.2. The minimum atomic E-state index is -1.09. The van der Waals surface area contributed by atoms with Crippen molar-refractivity contribution in [1.29, 1.82) is 0 Å². The van der Waals surface area contributed by atoms with Crippen molar-refractivity contribution in [3.05, 3.63) is 0 Å². The van der Waals surface area contributed by atoms with Crippen LogP contribution in [0.4, 0.5) is 0 Å². The minimum absolute atomic E-state index is 0.0844. The third-order valence-corrected chi connectivity index (χ3v) is 3.84. The van der Waals surface area contributed by atoms with Crippen LogP contribution in [0.15, 0.2) is 0 Å². The molecule has 0 N–H and O–H groups in total. The van der Waals surface area contributed by atoms with Gasteiger partial charge in [0.25, 0.3) is 0 Å². The average Bonchev–Trinajstić information content (AvgIpc) is 2.30. The van der Waals surface area contributed by atoms with Gasteiger partial charge in [0.1, 0.15) is 6.10 Å². The van der Waals surface area contributed by atoms with Crippen molar-refractivity contribution >= 4 is 12.3 Å². The quantitative estimate of drug-likeness (QED) is 0.430. The third-order valence-electron chi connectivity index (χ3n) is 3.84. The summed E-state index contributed by atoms with van der Waals surface area (Å²) in [5.41, 5.74) is 0. The summed E-state index contributed by atoms with van der Waals surface area (Å²) >= 11 is 0. The lowest BCUT2D eigenvalue weighted by atomic mass is 9.75. The SMILES string of the molecule is COC(C=O)C(=O)OC1CC(C)CCC1C(C)C. The fraction of sp³-hybridized carbons (Fsp3) is 0.857. The largest absolute Gasteiger partial charge is 0.460 e. The summed E-state index contributed by atoms with van der Waals surface area (Å²) in [5, 5.41) is 0. The molecule has 0 aliphatic heterocycles. The maximum atomic E-state index is 11.8. The van der Waals surface area contributed by atoms with Crippen LogP contribution in [0.2, 0.25) is 0 Å². The van der Waals surface area contributed by atoms with E-state index in [4.69, 9.17) is 9.47 Å². The molecule has 0 aromatic rings. The predicted octanol–water partition coefficient (Wildman–Crippen LogP) is 2.20. The van der Waals surface area contributed by atoms with Gasteiger partial charge in [-0.1, -0.05) is 27.2 Å². The van der Waals surface area contributed by atoms with Crippen molar-refractivity contribution in [3.63, 3.8) is 0 Å². The number of esters is 1. The molecule has 0 amide bonds. The van der Waals surface area contributed by atoms with E-state index in [-0.39, 0.29) is 6.10 Å². The smallest absolute Gasteiger partial charge is 0.343 e. The van der Waals surface area contributed by atoms with E-state index in [1.807, 2.05) is 0 Å². The van der Waals surface area contributed by atoms with E-state index < -0.39 is 12.1 Å². The van der Waals surface area contributed by atoms with Gasteiger partial charge < -0.3 is 9.47 Å². The zero-order valence-corrected chi connectivity index (χ0v) is 11.7. The van der Waals surface area contributed by atoms with Gasteiger partial charge in [-0.05, 0) is 30.6 Å². The molecule has 1 saturated carbocycles. The number of aldehydes is 1. The van der Waals surface area contributed by atoms with Crippen molar-refractivity contribution in [2.24, 2.45) is 17.8 Å². The Morgan fingerprint density at radius 1 is 1.33 bits per heavy atom. The second-order valence-corrected chi connectivity index (χ2v) is 5.59. The molecule has 0 spiro atoms. The van der Waals surface area contributed by atoms with Crippen molar-refractivity contribution in [3.8, 4) is 0 Å². The molecule has 4 unspecified atom stereocenters. The zero-order valence-electron chi connectivity index (χ0n) is 11.7. The van der Waals surface area contributed by atoms with E-state index in [1.165, 1.54) is 13.5 Å². The Morgan fingerprint density at radius 2 is 2.00 bits per heavy atom. The number of carbonyl (C=O) groups is 2. The minimum Gasteiger partial charge on any atom is -0.460 e. The summed E-state index contributed by atoms with van der Waals surface area (Å²) in [7, 11) is 1.34. The molecule has 1 aliphatic rings. The van der Waals surface area contributed by atoms with Gasteiger partial charge in [-0.3, -0.25) is 4.79 Å². The normalized spacial score (nSPS) is 29.9. The van der Waals surface area contributed by atoms with Crippen molar-refractivity contribution in [1.82, 2.24) is 0 Å². The topological polar surface area (TPSA) is 52.6 Å². The first-order chi connectivity index (χ1) is 8.49. The maximum absolute atomic E-state index is 11.8. The number of hydrogen-bond acceptors (Lipinski definition) is 4. The van der Waals surface area contributed by atoms with E-state index in [0.717, 1.165) is 12.8 Å². The number of ether oxygens (including phenoxy) is 2. The summed E-state index contributed by atoms with van der Waals surface area (Å²) in [6, 6.07) is 0. The fourth-order valence-electron chi connectivity index (χ4n) is 2.67. The Labute approximate surface area is 109 Å². The van der Waals surface area contributed by atoms with Gasteiger partial charge in [-0.2, -0.15) is 0 Å². The molecule has 104 valence electrons. The molecule has 0 aromatic carbocycles. The summed E-state index contributed by atoms with van der Waals surface area (Å²) in [5.74, 6) is 0.870. The van der Waals surface area contributed by atoms with Crippen LogP contribution in [0.1, 0.15) is 40.0 Å². The lowest BCUT2D eigenvalue weighted by Crippen LogP contribution is -2.39. The highest BCUT2D eigenvalue weighted by Crippen LogP contribution is 2.35. The first-order valence-corrected chi connectivity index (χ1v) is 6.68. The fourth-order valence-corrected chi connectivity index (χ4v) is 2.67. The monoisotopic (exact) mass is 256 g/mol. The number of carbonyl (C=O) groups excluding carboxylic acids is 2. The van der Waals surface area contributed by atoms with E-state index in [9.17, 15) is 9.59 Å². The van der Waals surface area contributed by atoms with Crippen molar-refractivity contribution in [2.45, 2.75) is 52.2 Å². The predicted molar refractivity (Wildman–Crippen MR) is 68.1 cm³/mol. The average molecular weight is 256 g/mol. The molecule has 0 bridgehead atoms. The molecular formula is C14H24O4. The molecule has 1 fully saturated rings. The first-order valence-electron chi connectivity index (χ1n) is 6.68. The van der Waals surface area contributed by atoms with Crippen LogP contribution in [-0.2, 0) is 19.1 Å². The molecule has 4 heteroatoms.